The first-order valence-electron chi connectivity index (χ1n) is 11.0. The van der Waals surface area contributed by atoms with Crippen molar-refractivity contribution in [3.8, 4) is 11.5 Å². The van der Waals surface area contributed by atoms with Crippen LogP contribution in [0.4, 0.5) is 11.4 Å². The smallest absolute Gasteiger partial charge is 0.248 e. The summed E-state index contributed by atoms with van der Waals surface area (Å²) in [5.74, 6) is 0.861. The van der Waals surface area contributed by atoms with E-state index in [-0.39, 0.29) is 5.91 Å². The first-order chi connectivity index (χ1) is 15.7. The van der Waals surface area contributed by atoms with E-state index in [1.54, 1.807) is 31.2 Å². The summed E-state index contributed by atoms with van der Waals surface area (Å²) in [5, 5.41) is 2.98. The molecule has 3 aromatic rings. The molecule has 0 radical (unpaired) electrons. The Labute approximate surface area is 196 Å². The Hall–Kier alpha value is -3.32. The average molecular weight is 467 g/mol. The van der Waals surface area contributed by atoms with Crippen LogP contribution in [0.25, 0.3) is 0 Å². The van der Waals surface area contributed by atoms with Gasteiger partial charge in [0.15, 0.2) is 0 Å². The Morgan fingerprint density at radius 2 is 1.42 bits per heavy atom. The number of hydrogen-bond acceptors (Lipinski definition) is 4. The Morgan fingerprint density at radius 1 is 0.879 bits per heavy atom. The van der Waals surface area contributed by atoms with Gasteiger partial charge in [-0.2, -0.15) is 0 Å². The van der Waals surface area contributed by atoms with Crippen molar-refractivity contribution >= 4 is 27.3 Å². The van der Waals surface area contributed by atoms with Gasteiger partial charge < -0.3 is 10.1 Å². The lowest BCUT2D eigenvalue weighted by Gasteiger charge is -2.29. The van der Waals surface area contributed by atoms with Crippen molar-refractivity contribution in [2.45, 2.75) is 39.7 Å². The van der Waals surface area contributed by atoms with Crippen LogP contribution < -0.4 is 14.4 Å². The predicted molar refractivity (Wildman–Crippen MR) is 134 cm³/mol. The number of rotatable bonds is 9. The molecule has 0 fully saturated rings. The summed E-state index contributed by atoms with van der Waals surface area (Å²) in [7, 11) is -3.73. The van der Waals surface area contributed by atoms with Crippen molar-refractivity contribution in [2.24, 2.45) is 0 Å². The fraction of sp³-hybridized carbons (Fsp3) is 0.269. The van der Waals surface area contributed by atoms with Crippen LogP contribution in [0.15, 0.2) is 72.8 Å². The van der Waals surface area contributed by atoms with Crippen LogP contribution in [0, 0.1) is 0 Å². The lowest BCUT2D eigenvalue weighted by molar-refractivity contribution is -0.116. The van der Waals surface area contributed by atoms with E-state index in [0.717, 1.165) is 40.2 Å². The largest absolute Gasteiger partial charge is 0.457 e. The fourth-order valence-corrected chi connectivity index (χ4v) is 4.90. The second-order valence-electron chi connectivity index (χ2n) is 7.79. The summed E-state index contributed by atoms with van der Waals surface area (Å²) in [6.07, 6.45) is 2.62. The monoisotopic (exact) mass is 466 g/mol. The van der Waals surface area contributed by atoms with Crippen molar-refractivity contribution in [1.82, 2.24) is 0 Å². The third kappa shape index (κ3) is 5.93. The summed E-state index contributed by atoms with van der Waals surface area (Å²) >= 11 is 0. The lowest BCUT2D eigenvalue weighted by Crippen LogP contribution is -2.45. The maximum atomic E-state index is 13.2. The summed E-state index contributed by atoms with van der Waals surface area (Å²) in [6, 6.07) is 20.9. The SMILES string of the molecule is CCc1cccc(CC)c1NC(=O)[C@@H](C)N(c1ccc(Oc2ccccc2)cc1)S(C)(=O)=O. The maximum Gasteiger partial charge on any atom is 0.248 e. The standard InChI is InChI=1S/C26H30N2O4S/c1-5-20-11-10-12-21(6-2)25(20)27-26(29)19(3)28(33(4,30)31)22-15-17-24(18-16-22)32-23-13-8-7-9-14-23/h7-19H,5-6H2,1-4H3,(H,27,29)/t19-/m1/s1. The third-order valence-electron chi connectivity index (χ3n) is 5.41. The number of nitrogens with zero attached hydrogens (tertiary/aromatic N) is 1. The maximum absolute atomic E-state index is 13.2. The molecule has 0 aliphatic carbocycles. The molecule has 0 saturated carbocycles. The van der Waals surface area contributed by atoms with E-state index in [2.05, 4.69) is 5.32 Å². The molecule has 0 saturated heterocycles. The number of ether oxygens (including phenoxy) is 1. The Kier molecular flexibility index (Phi) is 7.76. The normalized spacial score (nSPS) is 12.1. The number of carbonyl (C=O) groups is 1. The molecule has 1 N–H and O–H groups in total. The molecule has 0 heterocycles. The second-order valence-corrected chi connectivity index (χ2v) is 9.65. The van der Waals surface area contributed by atoms with E-state index in [4.69, 9.17) is 4.74 Å². The molecule has 3 rings (SSSR count). The topological polar surface area (TPSA) is 75.7 Å². The molecule has 1 atom stereocenters. The molecule has 0 spiro atoms. The zero-order valence-electron chi connectivity index (χ0n) is 19.4. The van der Waals surface area contributed by atoms with Crippen LogP contribution in [-0.4, -0.2) is 26.6 Å². The average Bonchev–Trinajstić information content (AvgIpc) is 2.80. The minimum absolute atomic E-state index is 0.388. The minimum Gasteiger partial charge on any atom is -0.457 e. The molecule has 0 aliphatic rings. The highest BCUT2D eigenvalue weighted by atomic mass is 32.2. The van der Waals surface area contributed by atoms with E-state index in [1.165, 1.54) is 0 Å². The molecule has 174 valence electrons. The zero-order valence-corrected chi connectivity index (χ0v) is 20.2. The van der Waals surface area contributed by atoms with Gasteiger partial charge in [0.05, 0.1) is 11.9 Å². The van der Waals surface area contributed by atoms with Gasteiger partial charge in [-0.3, -0.25) is 9.10 Å². The summed E-state index contributed by atoms with van der Waals surface area (Å²) in [4.78, 5) is 13.2. The van der Waals surface area contributed by atoms with Crippen molar-refractivity contribution < 1.29 is 17.9 Å². The van der Waals surface area contributed by atoms with Gasteiger partial charge in [-0.15, -0.1) is 0 Å². The minimum atomic E-state index is -3.73. The van der Waals surface area contributed by atoms with Crippen LogP contribution in [-0.2, 0) is 27.7 Å². The molecule has 3 aromatic carbocycles. The second kappa shape index (κ2) is 10.5. The van der Waals surface area contributed by atoms with Crippen molar-refractivity contribution in [3.05, 3.63) is 83.9 Å². The number of benzene rings is 3. The third-order valence-corrected chi connectivity index (χ3v) is 6.65. The van der Waals surface area contributed by atoms with Gasteiger partial charge in [0, 0.05) is 5.69 Å². The van der Waals surface area contributed by atoms with Crippen LogP contribution in [0.5, 0.6) is 11.5 Å². The number of carbonyl (C=O) groups excluding carboxylic acids is 1. The van der Waals surface area contributed by atoms with Crippen molar-refractivity contribution in [3.63, 3.8) is 0 Å². The summed E-state index contributed by atoms with van der Waals surface area (Å²) in [6.45, 7) is 5.64. The molecule has 0 aromatic heterocycles. The van der Waals surface area contributed by atoms with E-state index < -0.39 is 16.1 Å². The fourth-order valence-electron chi connectivity index (χ4n) is 3.73. The highest BCUT2D eigenvalue weighted by molar-refractivity contribution is 7.92. The van der Waals surface area contributed by atoms with Crippen LogP contribution in [0.1, 0.15) is 31.9 Å². The molecule has 1 amide bonds. The zero-order chi connectivity index (χ0) is 24.0. The Morgan fingerprint density at radius 3 is 1.94 bits per heavy atom. The number of aryl methyl sites for hydroxylation is 2. The van der Waals surface area contributed by atoms with Gasteiger partial charge in [-0.05, 0) is 67.3 Å². The van der Waals surface area contributed by atoms with Crippen LogP contribution in [0.2, 0.25) is 0 Å². The Bertz CT molecular complexity index is 1170. The van der Waals surface area contributed by atoms with Gasteiger partial charge >= 0.3 is 0 Å². The Balaban J connectivity index is 1.85. The van der Waals surface area contributed by atoms with Gasteiger partial charge in [0.1, 0.15) is 17.5 Å². The number of para-hydroxylation sites is 2. The van der Waals surface area contributed by atoms with Gasteiger partial charge in [-0.1, -0.05) is 50.2 Å². The number of anilines is 2. The predicted octanol–water partition coefficient (Wildman–Crippen LogP) is 5.40. The van der Waals surface area contributed by atoms with Crippen LogP contribution in [0.3, 0.4) is 0 Å². The molecular formula is C26H30N2O4S. The first-order valence-corrected chi connectivity index (χ1v) is 12.8. The van der Waals surface area contributed by atoms with E-state index in [0.29, 0.717) is 17.2 Å². The van der Waals surface area contributed by atoms with E-state index in [1.807, 2.05) is 62.4 Å². The molecular weight excluding hydrogens is 436 g/mol. The summed E-state index contributed by atoms with van der Waals surface area (Å²) < 4.78 is 32.3. The van der Waals surface area contributed by atoms with Gasteiger partial charge in [0.25, 0.3) is 0 Å². The molecule has 0 aliphatic heterocycles. The molecule has 0 unspecified atom stereocenters. The quantitative estimate of drug-likeness (QED) is 0.458. The van der Waals surface area contributed by atoms with Gasteiger partial charge in [-0.25, -0.2) is 8.42 Å². The highest BCUT2D eigenvalue weighted by Crippen LogP contribution is 2.28. The van der Waals surface area contributed by atoms with Gasteiger partial charge in [0.2, 0.25) is 15.9 Å². The molecule has 0 bridgehead atoms. The van der Waals surface area contributed by atoms with E-state index in [9.17, 15) is 13.2 Å². The first kappa shape index (κ1) is 24.3. The van der Waals surface area contributed by atoms with Crippen LogP contribution >= 0.6 is 0 Å². The number of sulfonamides is 1. The number of nitrogens with one attached hydrogen (secondary N) is 1. The number of hydrogen-bond donors (Lipinski definition) is 1. The number of amides is 1. The van der Waals surface area contributed by atoms with Crippen molar-refractivity contribution in [2.75, 3.05) is 15.9 Å². The molecule has 7 heteroatoms. The summed E-state index contributed by atoms with van der Waals surface area (Å²) in [5.41, 5.74) is 3.19. The highest BCUT2D eigenvalue weighted by Gasteiger charge is 2.29. The molecule has 6 nitrogen and oxygen atoms in total. The lowest BCUT2D eigenvalue weighted by atomic mass is 10.0. The molecule has 33 heavy (non-hydrogen) atoms. The van der Waals surface area contributed by atoms with E-state index >= 15 is 0 Å². The van der Waals surface area contributed by atoms with Crippen molar-refractivity contribution in [1.29, 1.82) is 0 Å².